The lowest BCUT2D eigenvalue weighted by Crippen LogP contribution is -2.35. The molecule has 114 valence electrons. The van der Waals surface area contributed by atoms with E-state index in [1.165, 1.54) is 12.1 Å². The third-order valence-corrected chi connectivity index (χ3v) is 3.28. The second-order valence-electron chi connectivity index (χ2n) is 6.31. The first kappa shape index (κ1) is 15.6. The zero-order chi connectivity index (χ0) is 15.5. The van der Waals surface area contributed by atoms with Crippen molar-refractivity contribution in [2.75, 3.05) is 11.9 Å². The molecule has 0 amide bonds. The highest BCUT2D eigenvalue weighted by Crippen LogP contribution is 2.19. The molecule has 1 aromatic carbocycles. The van der Waals surface area contributed by atoms with Crippen molar-refractivity contribution >= 4 is 5.69 Å². The van der Waals surface area contributed by atoms with Gasteiger partial charge in [0.15, 0.2) is 0 Å². The lowest BCUT2D eigenvalue weighted by molar-refractivity contribution is 0.419. The van der Waals surface area contributed by atoms with E-state index in [9.17, 15) is 4.39 Å². The summed E-state index contributed by atoms with van der Waals surface area (Å²) in [6.45, 7) is 7.76. The molecule has 0 saturated heterocycles. The van der Waals surface area contributed by atoms with Crippen LogP contribution in [0.2, 0.25) is 0 Å². The molecule has 21 heavy (non-hydrogen) atoms. The van der Waals surface area contributed by atoms with Crippen molar-refractivity contribution in [1.82, 2.24) is 5.32 Å². The fourth-order valence-corrected chi connectivity index (χ4v) is 2.04. The van der Waals surface area contributed by atoms with Crippen LogP contribution in [0.25, 0.3) is 0 Å². The molecular weight excluding hydrogens is 267 g/mol. The van der Waals surface area contributed by atoms with Crippen LogP contribution >= 0.6 is 0 Å². The Hall–Kier alpha value is -1.81. The first-order valence-corrected chi connectivity index (χ1v) is 7.12. The van der Waals surface area contributed by atoms with Crippen LogP contribution in [-0.2, 0) is 13.1 Å². The first-order chi connectivity index (χ1) is 9.85. The highest BCUT2D eigenvalue weighted by atomic mass is 19.1. The van der Waals surface area contributed by atoms with E-state index in [0.717, 1.165) is 23.6 Å². The summed E-state index contributed by atoms with van der Waals surface area (Å²) in [4.78, 5) is 1.97. The first-order valence-electron chi connectivity index (χ1n) is 7.12. The number of hydrogen-bond acceptors (Lipinski definition) is 3. The van der Waals surface area contributed by atoms with Crippen molar-refractivity contribution in [1.29, 1.82) is 0 Å². The van der Waals surface area contributed by atoms with Crippen LogP contribution in [0.15, 0.2) is 41.0 Å². The van der Waals surface area contributed by atoms with Crippen molar-refractivity contribution in [3.05, 3.63) is 53.7 Å². The van der Waals surface area contributed by atoms with E-state index in [1.807, 2.05) is 24.1 Å². The lowest BCUT2D eigenvalue weighted by Gasteiger charge is -2.22. The molecule has 2 rings (SSSR count). The fraction of sp³-hybridized carbons (Fsp3) is 0.412. The van der Waals surface area contributed by atoms with E-state index in [1.54, 1.807) is 12.3 Å². The molecule has 0 saturated carbocycles. The number of anilines is 1. The minimum atomic E-state index is -0.228. The quantitative estimate of drug-likeness (QED) is 0.904. The maximum Gasteiger partial charge on any atom is 0.127 e. The van der Waals surface area contributed by atoms with Gasteiger partial charge in [-0.3, -0.25) is 0 Å². The van der Waals surface area contributed by atoms with E-state index >= 15 is 0 Å². The van der Waals surface area contributed by atoms with Crippen molar-refractivity contribution in [2.45, 2.75) is 39.4 Å². The molecule has 0 bridgehead atoms. The van der Waals surface area contributed by atoms with E-state index < -0.39 is 0 Å². The third kappa shape index (κ3) is 4.60. The topological polar surface area (TPSA) is 28.4 Å². The predicted molar refractivity (Wildman–Crippen MR) is 83.8 cm³/mol. The van der Waals surface area contributed by atoms with Gasteiger partial charge < -0.3 is 14.6 Å². The molecule has 0 unspecified atom stereocenters. The van der Waals surface area contributed by atoms with Gasteiger partial charge in [0.05, 0.1) is 12.8 Å². The molecule has 4 heteroatoms. The Morgan fingerprint density at radius 3 is 2.67 bits per heavy atom. The normalized spacial score (nSPS) is 11.7. The predicted octanol–water partition coefficient (Wildman–Crippen LogP) is 3.94. The number of nitrogens with one attached hydrogen (secondary N) is 1. The lowest BCUT2D eigenvalue weighted by atomic mass is 10.1. The van der Waals surface area contributed by atoms with Crippen molar-refractivity contribution in [3.8, 4) is 0 Å². The maximum atomic E-state index is 13.3. The van der Waals surface area contributed by atoms with Crippen LogP contribution in [-0.4, -0.2) is 12.6 Å². The molecule has 2 aromatic rings. The Balaban J connectivity index is 2.05. The SMILES string of the molecule is CN(Cc1occc1CNC(C)(C)C)c1cccc(F)c1. The Morgan fingerprint density at radius 2 is 2.00 bits per heavy atom. The van der Waals surface area contributed by atoms with Crippen LogP contribution in [0.4, 0.5) is 10.1 Å². The molecule has 1 aromatic heterocycles. The number of furan rings is 1. The van der Waals surface area contributed by atoms with Gasteiger partial charge in [-0.05, 0) is 45.0 Å². The van der Waals surface area contributed by atoms with Crippen molar-refractivity contribution in [3.63, 3.8) is 0 Å². The zero-order valence-electron chi connectivity index (χ0n) is 13.1. The van der Waals surface area contributed by atoms with Gasteiger partial charge in [0.1, 0.15) is 11.6 Å². The van der Waals surface area contributed by atoms with Crippen LogP contribution in [0.3, 0.4) is 0 Å². The van der Waals surface area contributed by atoms with Gasteiger partial charge in [-0.2, -0.15) is 0 Å². The summed E-state index contributed by atoms with van der Waals surface area (Å²) in [6, 6.07) is 8.55. The highest BCUT2D eigenvalue weighted by Gasteiger charge is 2.14. The molecule has 0 radical (unpaired) electrons. The summed E-state index contributed by atoms with van der Waals surface area (Å²) in [5, 5.41) is 3.45. The molecule has 1 heterocycles. The van der Waals surface area contributed by atoms with Crippen LogP contribution < -0.4 is 10.2 Å². The molecule has 0 fully saturated rings. The van der Waals surface area contributed by atoms with Crippen LogP contribution in [0, 0.1) is 5.82 Å². The van der Waals surface area contributed by atoms with E-state index in [4.69, 9.17) is 4.42 Å². The molecule has 1 N–H and O–H groups in total. The average Bonchev–Trinajstić information content (AvgIpc) is 2.83. The Labute approximate surface area is 125 Å². The average molecular weight is 290 g/mol. The van der Waals surface area contributed by atoms with Gasteiger partial charge in [-0.25, -0.2) is 4.39 Å². The second-order valence-corrected chi connectivity index (χ2v) is 6.31. The Kier molecular flexibility index (Phi) is 4.68. The van der Waals surface area contributed by atoms with Crippen LogP contribution in [0.5, 0.6) is 0 Å². The summed E-state index contributed by atoms with van der Waals surface area (Å²) >= 11 is 0. The molecule has 0 aliphatic carbocycles. The molecule has 3 nitrogen and oxygen atoms in total. The minimum Gasteiger partial charge on any atom is -0.467 e. The summed E-state index contributed by atoms with van der Waals surface area (Å²) in [7, 11) is 1.93. The van der Waals surface area contributed by atoms with Gasteiger partial charge >= 0.3 is 0 Å². The zero-order valence-corrected chi connectivity index (χ0v) is 13.1. The standard InChI is InChI=1S/C17H23FN2O/c1-17(2,3)19-11-13-8-9-21-16(13)12-20(4)15-7-5-6-14(18)10-15/h5-10,19H,11-12H2,1-4H3. The summed E-state index contributed by atoms with van der Waals surface area (Å²) in [6.07, 6.45) is 1.70. The van der Waals surface area contributed by atoms with Crippen LogP contribution in [0.1, 0.15) is 32.1 Å². The largest absolute Gasteiger partial charge is 0.467 e. The fourth-order valence-electron chi connectivity index (χ4n) is 2.04. The summed E-state index contributed by atoms with van der Waals surface area (Å²) < 4.78 is 18.9. The number of nitrogens with zero attached hydrogens (tertiary/aromatic N) is 1. The monoisotopic (exact) mass is 290 g/mol. The smallest absolute Gasteiger partial charge is 0.127 e. The molecule has 0 spiro atoms. The van der Waals surface area contributed by atoms with Gasteiger partial charge in [-0.1, -0.05) is 6.07 Å². The minimum absolute atomic E-state index is 0.0585. The molecule has 0 aliphatic heterocycles. The summed E-state index contributed by atoms with van der Waals surface area (Å²) in [5.41, 5.74) is 2.03. The van der Waals surface area contributed by atoms with Gasteiger partial charge in [0.25, 0.3) is 0 Å². The van der Waals surface area contributed by atoms with E-state index in [0.29, 0.717) is 6.54 Å². The van der Waals surface area contributed by atoms with Crippen molar-refractivity contribution < 1.29 is 8.81 Å². The number of benzene rings is 1. The summed E-state index contributed by atoms with van der Waals surface area (Å²) in [5.74, 6) is 0.673. The van der Waals surface area contributed by atoms with Gasteiger partial charge in [0, 0.05) is 30.4 Å². The number of hydrogen-bond donors (Lipinski definition) is 1. The molecular formula is C17H23FN2O. The second kappa shape index (κ2) is 6.31. The number of halogens is 1. The van der Waals surface area contributed by atoms with Gasteiger partial charge in [0.2, 0.25) is 0 Å². The van der Waals surface area contributed by atoms with E-state index in [-0.39, 0.29) is 11.4 Å². The molecule has 0 aliphatic rings. The van der Waals surface area contributed by atoms with E-state index in [2.05, 4.69) is 26.1 Å². The Bertz CT molecular complexity index is 586. The van der Waals surface area contributed by atoms with Gasteiger partial charge in [-0.15, -0.1) is 0 Å². The third-order valence-electron chi connectivity index (χ3n) is 3.28. The Morgan fingerprint density at radius 1 is 1.24 bits per heavy atom. The molecule has 0 atom stereocenters. The highest BCUT2D eigenvalue weighted by molar-refractivity contribution is 5.46. The maximum absolute atomic E-state index is 13.3. The van der Waals surface area contributed by atoms with Crippen molar-refractivity contribution in [2.24, 2.45) is 0 Å². The number of rotatable bonds is 5.